The molecule has 0 atom stereocenters. The van der Waals surface area contributed by atoms with Gasteiger partial charge in [-0.25, -0.2) is 13.6 Å². The molecule has 0 spiro atoms. The van der Waals surface area contributed by atoms with Crippen LogP contribution in [0.15, 0.2) is 75.1 Å². The molecule has 0 saturated carbocycles. The number of nitrogens with one attached hydrogen (secondary N) is 1. The van der Waals surface area contributed by atoms with E-state index in [9.17, 15) is 21.4 Å². The highest BCUT2D eigenvalue weighted by Crippen LogP contribution is 2.36. The zero-order valence-corrected chi connectivity index (χ0v) is 15.9. The Labute approximate surface area is 161 Å². The van der Waals surface area contributed by atoms with Crippen molar-refractivity contribution in [2.75, 3.05) is 5.32 Å². The van der Waals surface area contributed by atoms with E-state index >= 15 is 0 Å². The molecule has 28 heavy (non-hydrogen) atoms. The molecule has 0 amide bonds. The third-order valence-electron chi connectivity index (χ3n) is 3.63. The van der Waals surface area contributed by atoms with E-state index in [1.165, 1.54) is 6.26 Å². The Hall–Kier alpha value is -2.86. The summed E-state index contributed by atoms with van der Waals surface area (Å²) in [4.78, 5) is -1.25. The van der Waals surface area contributed by atoms with Crippen LogP contribution < -0.4 is 15.2 Å². The van der Waals surface area contributed by atoms with Crippen LogP contribution in [-0.4, -0.2) is 21.4 Å². The van der Waals surface area contributed by atoms with E-state index in [1.54, 1.807) is 42.5 Å². The van der Waals surface area contributed by atoms with Crippen molar-refractivity contribution in [1.82, 2.24) is 0 Å². The molecule has 0 radical (unpaired) electrons. The van der Waals surface area contributed by atoms with Crippen molar-refractivity contribution in [3.8, 4) is 11.5 Å². The number of nitrogens with two attached hydrogens (primary N) is 1. The zero-order valence-electron chi connectivity index (χ0n) is 14.3. The van der Waals surface area contributed by atoms with Gasteiger partial charge < -0.3 is 14.5 Å². The van der Waals surface area contributed by atoms with E-state index < -0.39 is 29.9 Å². The second-order valence-corrected chi connectivity index (χ2v) is 8.58. The van der Waals surface area contributed by atoms with Gasteiger partial charge in [-0.05, 0) is 30.3 Å². The second kappa shape index (κ2) is 7.64. The highest BCUT2D eigenvalue weighted by atomic mass is 32.2. The topological polar surface area (TPSA) is 149 Å². The molecule has 11 heteroatoms. The van der Waals surface area contributed by atoms with Gasteiger partial charge in [-0.1, -0.05) is 18.2 Å². The van der Waals surface area contributed by atoms with Gasteiger partial charge in [-0.3, -0.25) is 4.55 Å². The van der Waals surface area contributed by atoms with Crippen molar-refractivity contribution in [3.05, 3.63) is 66.6 Å². The van der Waals surface area contributed by atoms with Crippen LogP contribution in [0.5, 0.6) is 11.5 Å². The number of rotatable bonds is 7. The van der Waals surface area contributed by atoms with Crippen molar-refractivity contribution in [3.63, 3.8) is 0 Å². The normalized spacial score (nSPS) is 11.9. The molecule has 1 aromatic heterocycles. The molecular weight excluding hydrogens is 408 g/mol. The van der Waals surface area contributed by atoms with Crippen LogP contribution in [0.25, 0.3) is 0 Å². The minimum Gasteiger partial charge on any atom is -0.467 e. The smallest absolute Gasteiger partial charge is 0.298 e. The van der Waals surface area contributed by atoms with Gasteiger partial charge in [0.15, 0.2) is 5.75 Å². The Kier molecular flexibility index (Phi) is 5.42. The average Bonchev–Trinajstić information content (AvgIpc) is 3.12. The summed E-state index contributed by atoms with van der Waals surface area (Å²) in [5.41, 5.74) is -0.0165. The summed E-state index contributed by atoms with van der Waals surface area (Å²) >= 11 is 0. The predicted octanol–water partition coefficient (Wildman–Crippen LogP) is 2.58. The molecule has 4 N–H and O–H groups in total. The Balaban J connectivity index is 2.12. The number of hydrogen-bond acceptors (Lipinski definition) is 7. The maximum atomic E-state index is 12.0. The summed E-state index contributed by atoms with van der Waals surface area (Å²) in [6.45, 7) is 0.103. The number of primary sulfonamides is 1. The lowest BCUT2D eigenvalue weighted by atomic mass is 10.2. The Morgan fingerprint density at radius 3 is 2.29 bits per heavy atom. The van der Waals surface area contributed by atoms with E-state index in [0.717, 1.165) is 12.1 Å². The SMILES string of the molecule is NS(=O)(=O)c1cc(S(=O)(=O)O)c(Oc2ccccc2)cc1NCc1ccco1. The van der Waals surface area contributed by atoms with Gasteiger partial charge in [0, 0.05) is 6.07 Å². The molecule has 0 saturated heterocycles. The molecule has 0 unspecified atom stereocenters. The Morgan fingerprint density at radius 1 is 1.00 bits per heavy atom. The van der Waals surface area contributed by atoms with Crippen LogP contribution in [0, 0.1) is 0 Å². The summed E-state index contributed by atoms with van der Waals surface area (Å²) in [7, 11) is -9.12. The van der Waals surface area contributed by atoms with Crippen LogP contribution in [0.1, 0.15) is 5.76 Å². The zero-order chi connectivity index (χ0) is 20.4. The summed E-state index contributed by atoms with van der Waals surface area (Å²) in [5, 5.41) is 8.03. The lowest BCUT2D eigenvalue weighted by Crippen LogP contribution is -2.16. The van der Waals surface area contributed by atoms with Gasteiger partial charge in [0.1, 0.15) is 21.3 Å². The molecule has 0 aliphatic carbocycles. The van der Waals surface area contributed by atoms with Crippen LogP contribution in [0.3, 0.4) is 0 Å². The van der Waals surface area contributed by atoms with Crippen LogP contribution in [0.4, 0.5) is 5.69 Å². The first-order chi connectivity index (χ1) is 13.1. The molecule has 2 aromatic carbocycles. The van der Waals surface area contributed by atoms with Crippen LogP contribution in [0.2, 0.25) is 0 Å². The summed E-state index contributed by atoms with van der Waals surface area (Å²) in [6.07, 6.45) is 1.45. The molecule has 0 fully saturated rings. The van der Waals surface area contributed by atoms with E-state index in [4.69, 9.17) is 14.3 Å². The molecule has 3 aromatic rings. The van der Waals surface area contributed by atoms with E-state index in [2.05, 4.69) is 5.32 Å². The first-order valence-corrected chi connectivity index (χ1v) is 10.8. The van der Waals surface area contributed by atoms with E-state index in [1.807, 2.05) is 0 Å². The first-order valence-electron chi connectivity index (χ1n) is 7.82. The van der Waals surface area contributed by atoms with Gasteiger partial charge in [-0.2, -0.15) is 8.42 Å². The minimum absolute atomic E-state index is 0.0165. The largest absolute Gasteiger partial charge is 0.467 e. The first kappa shape index (κ1) is 19.9. The quantitative estimate of drug-likeness (QED) is 0.490. The molecule has 3 rings (SSSR count). The van der Waals surface area contributed by atoms with Crippen molar-refractivity contribution in [1.29, 1.82) is 0 Å². The van der Waals surface area contributed by atoms with Gasteiger partial charge >= 0.3 is 0 Å². The number of sulfonamides is 1. The highest BCUT2D eigenvalue weighted by molar-refractivity contribution is 7.89. The van der Waals surface area contributed by atoms with Gasteiger partial charge in [0.25, 0.3) is 10.1 Å². The molecule has 9 nitrogen and oxygen atoms in total. The molecule has 0 aliphatic heterocycles. The number of hydrogen-bond donors (Lipinski definition) is 3. The highest BCUT2D eigenvalue weighted by Gasteiger charge is 2.25. The van der Waals surface area contributed by atoms with Crippen LogP contribution >= 0.6 is 0 Å². The molecule has 1 heterocycles. The summed E-state index contributed by atoms with van der Waals surface area (Å²) in [5.74, 6) is 0.514. The molecular formula is C17H16N2O7S2. The fourth-order valence-electron chi connectivity index (χ4n) is 2.41. The molecule has 0 aliphatic rings. The Morgan fingerprint density at radius 2 is 1.71 bits per heavy atom. The number of ether oxygens (including phenoxy) is 1. The number of anilines is 1. The van der Waals surface area contributed by atoms with Gasteiger partial charge in [-0.15, -0.1) is 0 Å². The lowest BCUT2D eigenvalue weighted by Gasteiger charge is -2.15. The van der Waals surface area contributed by atoms with Gasteiger partial charge in [0.2, 0.25) is 10.0 Å². The third kappa shape index (κ3) is 4.70. The monoisotopic (exact) mass is 424 g/mol. The average molecular weight is 424 g/mol. The number of para-hydroxylation sites is 1. The molecule has 0 bridgehead atoms. The maximum absolute atomic E-state index is 12.0. The standard InChI is InChI=1S/C17H16N2O7S2/c18-27(20,21)16-10-17(28(22,23)24)15(26-12-5-2-1-3-6-12)9-14(16)19-11-13-7-4-8-25-13/h1-10,19H,11H2,(H2,18,20,21)(H,22,23,24). The predicted molar refractivity (Wildman–Crippen MR) is 100 cm³/mol. The van der Waals surface area contributed by atoms with Crippen molar-refractivity contribution in [2.24, 2.45) is 5.14 Å². The molecule has 148 valence electrons. The minimum atomic E-state index is -4.80. The van der Waals surface area contributed by atoms with Crippen LogP contribution in [-0.2, 0) is 26.7 Å². The number of benzene rings is 2. The third-order valence-corrected chi connectivity index (χ3v) is 5.46. The maximum Gasteiger partial charge on any atom is 0.298 e. The Bertz CT molecular complexity index is 1170. The summed E-state index contributed by atoms with van der Waals surface area (Å²) < 4.78 is 67.7. The van der Waals surface area contributed by atoms with E-state index in [0.29, 0.717) is 5.76 Å². The fourth-order valence-corrected chi connectivity index (χ4v) is 3.82. The summed E-state index contributed by atoms with van der Waals surface area (Å²) in [6, 6.07) is 13.4. The van der Waals surface area contributed by atoms with Gasteiger partial charge in [0.05, 0.1) is 18.5 Å². The second-order valence-electron chi connectivity index (χ2n) is 5.66. The van der Waals surface area contributed by atoms with Crippen molar-refractivity contribution < 1.29 is 30.5 Å². The van der Waals surface area contributed by atoms with E-state index in [-0.39, 0.29) is 23.7 Å². The van der Waals surface area contributed by atoms with Crippen molar-refractivity contribution in [2.45, 2.75) is 16.3 Å². The number of furan rings is 1. The fraction of sp³-hybridized carbons (Fsp3) is 0.0588. The van der Waals surface area contributed by atoms with Crippen molar-refractivity contribution >= 4 is 25.8 Å². The lowest BCUT2D eigenvalue weighted by molar-refractivity contribution is 0.449.